The van der Waals surface area contributed by atoms with Gasteiger partial charge in [-0.15, -0.1) is 5.10 Å². The van der Waals surface area contributed by atoms with Crippen LogP contribution < -0.4 is 10.1 Å². The van der Waals surface area contributed by atoms with E-state index < -0.39 is 0 Å². The van der Waals surface area contributed by atoms with Crippen molar-refractivity contribution < 1.29 is 9.53 Å². The van der Waals surface area contributed by atoms with Crippen LogP contribution in [0.4, 0.5) is 5.82 Å². The van der Waals surface area contributed by atoms with E-state index in [4.69, 9.17) is 16.3 Å². The van der Waals surface area contributed by atoms with Gasteiger partial charge in [0, 0.05) is 12.3 Å². The molecule has 1 aromatic carbocycles. The smallest absolute Gasteiger partial charge is 0.212 e. The first-order valence-electron chi connectivity index (χ1n) is 9.53. The van der Waals surface area contributed by atoms with E-state index in [1.165, 1.54) is 30.2 Å². The molecule has 0 unspecified atom stereocenters. The van der Waals surface area contributed by atoms with Gasteiger partial charge in [0.2, 0.25) is 6.41 Å². The Morgan fingerprint density at radius 3 is 2.62 bits per heavy atom. The van der Waals surface area contributed by atoms with Crippen LogP contribution in [-0.2, 0) is 17.8 Å². The molecule has 2 aromatic heterocycles. The summed E-state index contributed by atoms with van der Waals surface area (Å²) in [6, 6.07) is 13.9. The third-order valence-electron chi connectivity index (χ3n) is 4.48. The number of hydrogen-bond donors (Lipinski definition) is 1. The molecule has 29 heavy (non-hydrogen) atoms. The summed E-state index contributed by atoms with van der Waals surface area (Å²) in [5, 5.41) is 10.6. The molecular formula is C22H23ClN4O2. The van der Waals surface area contributed by atoms with Gasteiger partial charge in [0.15, 0.2) is 5.82 Å². The Balaban J connectivity index is 0.000000200. The number of carbonyl (C=O) groups excluding carboxylic acids is 1. The molecule has 0 bridgehead atoms. The Morgan fingerprint density at radius 2 is 1.97 bits per heavy atom. The molecule has 1 amide bonds. The lowest BCUT2D eigenvalue weighted by Gasteiger charge is -2.07. The van der Waals surface area contributed by atoms with Crippen molar-refractivity contribution >= 4 is 23.8 Å². The van der Waals surface area contributed by atoms with Crippen LogP contribution in [0.25, 0.3) is 0 Å². The highest BCUT2D eigenvalue weighted by Crippen LogP contribution is 2.42. The average molecular weight is 411 g/mol. The van der Waals surface area contributed by atoms with Gasteiger partial charge >= 0.3 is 0 Å². The lowest BCUT2D eigenvalue weighted by Crippen LogP contribution is -2.01. The van der Waals surface area contributed by atoms with Crippen LogP contribution in [0, 0.1) is 0 Å². The van der Waals surface area contributed by atoms with Crippen LogP contribution in [0.1, 0.15) is 42.4 Å². The fraction of sp³-hybridized carbons (Fsp3) is 0.273. The van der Waals surface area contributed by atoms with Crippen molar-refractivity contribution in [1.82, 2.24) is 15.2 Å². The Morgan fingerprint density at radius 1 is 1.21 bits per heavy atom. The van der Waals surface area contributed by atoms with E-state index in [0.717, 1.165) is 12.0 Å². The van der Waals surface area contributed by atoms with Crippen molar-refractivity contribution in [2.24, 2.45) is 0 Å². The van der Waals surface area contributed by atoms with E-state index in [9.17, 15) is 4.79 Å². The highest BCUT2D eigenvalue weighted by molar-refractivity contribution is 6.30. The van der Waals surface area contributed by atoms with Crippen molar-refractivity contribution in [2.45, 2.75) is 38.7 Å². The molecule has 1 N–H and O–H groups in total. The number of halogens is 1. The normalized spacial score (nSPS) is 12.5. The summed E-state index contributed by atoms with van der Waals surface area (Å²) in [6.45, 7) is 2.58. The molecule has 4 rings (SSSR count). The summed E-state index contributed by atoms with van der Waals surface area (Å²) in [5.41, 5.74) is 3.61. The van der Waals surface area contributed by atoms with Crippen molar-refractivity contribution in [3.05, 3.63) is 76.7 Å². The molecule has 0 atom stereocenters. The minimum atomic E-state index is 0.369. The molecular weight excluding hydrogens is 388 g/mol. The van der Waals surface area contributed by atoms with E-state index in [1.54, 1.807) is 12.3 Å². The maximum Gasteiger partial charge on any atom is 0.212 e. The van der Waals surface area contributed by atoms with Gasteiger partial charge in [0.1, 0.15) is 17.5 Å². The van der Waals surface area contributed by atoms with Crippen molar-refractivity contribution in [3.8, 4) is 5.75 Å². The van der Waals surface area contributed by atoms with Crippen molar-refractivity contribution in [1.29, 1.82) is 0 Å². The number of benzene rings is 1. The van der Waals surface area contributed by atoms with Crippen LogP contribution in [0.2, 0.25) is 5.15 Å². The second-order valence-electron chi connectivity index (χ2n) is 6.66. The number of carbonyl (C=O) groups is 1. The Labute approximate surface area is 175 Å². The van der Waals surface area contributed by atoms with Crippen LogP contribution in [0.15, 0.2) is 54.9 Å². The number of anilines is 1. The van der Waals surface area contributed by atoms with Crippen molar-refractivity contribution in [3.63, 3.8) is 0 Å². The molecule has 0 saturated heterocycles. The zero-order valence-electron chi connectivity index (χ0n) is 16.2. The Hall–Kier alpha value is -2.99. The fourth-order valence-electron chi connectivity index (χ4n) is 2.69. The topological polar surface area (TPSA) is 77.0 Å². The van der Waals surface area contributed by atoms with E-state index in [1.807, 2.05) is 18.2 Å². The summed E-state index contributed by atoms with van der Waals surface area (Å²) in [4.78, 5) is 14.3. The van der Waals surface area contributed by atoms with Gasteiger partial charge in [-0.25, -0.2) is 4.98 Å². The second kappa shape index (κ2) is 10.5. The summed E-state index contributed by atoms with van der Waals surface area (Å²) >= 11 is 5.85. The zero-order valence-corrected chi connectivity index (χ0v) is 17.0. The third-order valence-corrected chi connectivity index (χ3v) is 4.79. The summed E-state index contributed by atoms with van der Waals surface area (Å²) in [6.07, 6.45) is 7.38. The largest absolute Gasteiger partial charge is 0.487 e. The minimum Gasteiger partial charge on any atom is -0.487 e. The molecule has 150 valence electrons. The van der Waals surface area contributed by atoms with E-state index in [2.05, 4.69) is 45.6 Å². The maximum absolute atomic E-state index is 10.3. The van der Waals surface area contributed by atoms with Crippen LogP contribution in [-0.4, -0.2) is 21.6 Å². The number of ether oxygens (including phenoxy) is 1. The number of rotatable bonds is 7. The maximum atomic E-state index is 10.3. The molecule has 3 aromatic rings. The predicted molar refractivity (Wildman–Crippen MR) is 113 cm³/mol. The highest BCUT2D eigenvalue weighted by Gasteiger charge is 2.25. The predicted octanol–water partition coefficient (Wildman–Crippen LogP) is 4.80. The van der Waals surface area contributed by atoms with Gasteiger partial charge in [-0.3, -0.25) is 4.79 Å². The number of amides is 1. The number of nitrogens with zero attached hydrogens (tertiary/aromatic N) is 3. The molecule has 7 heteroatoms. The van der Waals surface area contributed by atoms with E-state index in [-0.39, 0.29) is 0 Å². The minimum absolute atomic E-state index is 0.369. The number of aryl methyl sites for hydroxylation is 1. The molecule has 0 spiro atoms. The molecule has 1 saturated carbocycles. The SMILES string of the molecule is CCc1ccc(COc2cnnc(NC=O)c2)cc1.Clc1ncccc1C1CC1. The van der Waals surface area contributed by atoms with E-state index in [0.29, 0.717) is 35.7 Å². The highest BCUT2D eigenvalue weighted by atomic mass is 35.5. The van der Waals surface area contributed by atoms with Gasteiger partial charge in [-0.1, -0.05) is 48.9 Å². The molecule has 6 nitrogen and oxygen atoms in total. The standard InChI is InChI=1S/C14H15N3O2.C8H8ClN/c1-2-11-3-5-12(6-4-11)9-19-13-7-14(15-10-18)17-16-8-13;9-8-7(6-3-4-6)2-1-5-10-8/h3-8,10H,2,9H2,1H3,(H,15,17,18);1-2,5-6H,3-4H2. The van der Waals surface area contributed by atoms with Gasteiger partial charge in [-0.05, 0) is 47.9 Å². The summed E-state index contributed by atoms with van der Waals surface area (Å²) in [7, 11) is 0. The first-order chi connectivity index (χ1) is 14.2. The molecule has 2 heterocycles. The Kier molecular flexibility index (Phi) is 7.53. The number of nitrogens with one attached hydrogen (secondary N) is 1. The third kappa shape index (κ3) is 6.54. The monoisotopic (exact) mass is 410 g/mol. The second-order valence-corrected chi connectivity index (χ2v) is 7.01. The zero-order chi connectivity index (χ0) is 20.5. The number of aromatic nitrogens is 3. The van der Waals surface area contributed by atoms with Gasteiger partial charge < -0.3 is 10.1 Å². The molecule has 0 radical (unpaired) electrons. The fourth-order valence-corrected chi connectivity index (χ4v) is 2.97. The molecule has 1 fully saturated rings. The summed E-state index contributed by atoms with van der Waals surface area (Å²) in [5.74, 6) is 1.65. The molecule has 1 aliphatic rings. The molecule has 0 aliphatic heterocycles. The van der Waals surface area contributed by atoms with Crippen LogP contribution >= 0.6 is 11.6 Å². The lowest BCUT2D eigenvalue weighted by atomic mass is 10.1. The number of hydrogen-bond acceptors (Lipinski definition) is 5. The number of pyridine rings is 1. The summed E-state index contributed by atoms with van der Waals surface area (Å²) < 4.78 is 5.59. The molecule has 1 aliphatic carbocycles. The van der Waals surface area contributed by atoms with Crippen LogP contribution in [0.3, 0.4) is 0 Å². The van der Waals surface area contributed by atoms with Crippen molar-refractivity contribution in [2.75, 3.05) is 5.32 Å². The lowest BCUT2D eigenvalue weighted by molar-refractivity contribution is -0.105. The average Bonchev–Trinajstić information content (AvgIpc) is 3.59. The quantitative estimate of drug-likeness (QED) is 0.447. The Bertz CT molecular complexity index is 930. The van der Waals surface area contributed by atoms with E-state index >= 15 is 0 Å². The van der Waals surface area contributed by atoms with Gasteiger partial charge in [0.05, 0.1) is 6.20 Å². The first-order valence-corrected chi connectivity index (χ1v) is 9.91. The van der Waals surface area contributed by atoms with Gasteiger partial charge in [-0.2, -0.15) is 5.10 Å². The van der Waals surface area contributed by atoms with Crippen LogP contribution in [0.5, 0.6) is 5.75 Å². The first kappa shape index (κ1) is 20.7. The van der Waals surface area contributed by atoms with Gasteiger partial charge in [0.25, 0.3) is 0 Å².